The number of carbonyl (C=O) groups is 1. The number of hydrogen-bond donors (Lipinski definition) is 1. The van der Waals surface area contributed by atoms with Crippen LogP contribution in [0, 0.1) is 11.8 Å². The summed E-state index contributed by atoms with van der Waals surface area (Å²) in [6, 6.07) is 2.23. The number of aliphatic hydroxyl groups excluding tert-OH is 1. The summed E-state index contributed by atoms with van der Waals surface area (Å²) >= 11 is 1.44. The predicted octanol–water partition coefficient (Wildman–Crippen LogP) is 2.89. The first-order chi connectivity index (χ1) is 9.77. The monoisotopic (exact) mass is 291 g/mol. The van der Waals surface area contributed by atoms with Crippen molar-refractivity contribution in [2.45, 2.75) is 45.1 Å². The molecule has 1 amide bonds. The van der Waals surface area contributed by atoms with Gasteiger partial charge in [-0.25, -0.2) is 0 Å². The van der Waals surface area contributed by atoms with Gasteiger partial charge >= 0.3 is 0 Å². The Bertz CT molecular complexity index is 506. The van der Waals surface area contributed by atoms with E-state index in [4.69, 9.17) is 5.11 Å². The fourth-order valence-corrected chi connectivity index (χ4v) is 3.60. The molecule has 0 bridgehead atoms. The quantitative estimate of drug-likeness (QED) is 0.870. The zero-order chi connectivity index (χ0) is 14.4. The zero-order valence-electron chi connectivity index (χ0n) is 11.9. The van der Waals surface area contributed by atoms with Gasteiger partial charge in [0, 0.05) is 18.2 Å². The Morgan fingerprint density at radius 3 is 2.85 bits per heavy atom. The van der Waals surface area contributed by atoms with Gasteiger partial charge in [0.2, 0.25) is 0 Å². The molecule has 1 aliphatic rings. The van der Waals surface area contributed by atoms with E-state index in [1.165, 1.54) is 30.6 Å². The number of hydrogen-bond acceptors (Lipinski definition) is 3. The van der Waals surface area contributed by atoms with Crippen molar-refractivity contribution < 1.29 is 9.90 Å². The SMILES string of the molecule is CCN(C(=O)c1sccc1C#CCO)C1CCCCC1. The second-order valence-corrected chi connectivity index (χ2v) is 5.92. The van der Waals surface area contributed by atoms with Gasteiger partial charge in [-0.1, -0.05) is 31.1 Å². The molecule has 1 fully saturated rings. The molecule has 0 saturated heterocycles. The smallest absolute Gasteiger partial charge is 0.265 e. The molecule has 1 aromatic rings. The minimum absolute atomic E-state index is 0.0941. The summed E-state index contributed by atoms with van der Waals surface area (Å²) < 4.78 is 0. The molecule has 0 radical (unpaired) electrons. The molecule has 0 atom stereocenters. The van der Waals surface area contributed by atoms with Gasteiger partial charge in [-0.2, -0.15) is 0 Å². The highest BCUT2D eigenvalue weighted by Crippen LogP contribution is 2.26. The van der Waals surface area contributed by atoms with Crippen molar-refractivity contribution in [1.29, 1.82) is 0 Å². The second kappa shape index (κ2) is 7.47. The van der Waals surface area contributed by atoms with Crippen molar-refractivity contribution in [3.63, 3.8) is 0 Å². The lowest BCUT2D eigenvalue weighted by atomic mass is 9.94. The molecule has 1 N–H and O–H groups in total. The van der Waals surface area contributed by atoms with Crippen LogP contribution in [0.25, 0.3) is 0 Å². The largest absolute Gasteiger partial charge is 0.384 e. The highest BCUT2D eigenvalue weighted by atomic mass is 32.1. The molecule has 0 unspecified atom stereocenters. The maximum Gasteiger partial charge on any atom is 0.265 e. The summed E-state index contributed by atoms with van der Waals surface area (Å²) in [4.78, 5) is 15.4. The van der Waals surface area contributed by atoms with Crippen molar-refractivity contribution >= 4 is 17.2 Å². The highest BCUT2D eigenvalue weighted by molar-refractivity contribution is 7.12. The van der Waals surface area contributed by atoms with Gasteiger partial charge in [0.1, 0.15) is 11.5 Å². The summed E-state index contributed by atoms with van der Waals surface area (Å²) in [5.74, 6) is 5.59. The number of rotatable bonds is 3. The predicted molar refractivity (Wildman–Crippen MR) is 81.9 cm³/mol. The maximum absolute atomic E-state index is 12.7. The van der Waals surface area contributed by atoms with E-state index in [-0.39, 0.29) is 12.5 Å². The third-order valence-corrected chi connectivity index (χ3v) is 4.68. The number of carbonyl (C=O) groups excluding carboxylic acids is 1. The fraction of sp³-hybridized carbons (Fsp3) is 0.562. The third kappa shape index (κ3) is 3.41. The lowest BCUT2D eigenvalue weighted by Gasteiger charge is -2.33. The Hall–Kier alpha value is -1.31. The van der Waals surface area contributed by atoms with Crippen molar-refractivity contribution in [2.24, 2.45) is 0 Å². The first kappa shape index (κ1) is 15.1. The maximum atomic E-state index is 12.7. The van der Waals surface area contributed by atoms with E-state index in [9.17, 15) is 4.79 Å². The summed E-state index contributed by atoms with van der Waals surface area (Å²) in [5.41, 5.74) is 0.739. The minimum atomic E-state index is -0.177. The van der Waals surface area contributed by atoms with Crippen molar-refractivity contribution in [3.8, 4) is 11.8 Å². The van der Waals surface area contributed by atoms with E-state index in [2.05, 4.69) is 11.8 Å². The lowest BCUT2D eigenvalue weighted by molar-refractivity contribution is 0.0652. The van der Waals surface area contributed by atoms with E-state index in [0.717, 1.165) is 24.9 Å². The molecule has 0 spiro atoms. The number of amides is 1. The topological polar surface area (TPSA) is 40.5 Å². The molecule has 1 saturated carbocycles. The van der Waals surface area contributed by atoms with E-state index in [0.29, 0.717) is 10.9 Å². The van der Waals surface area contributed by atoms with Crippen LogP contribution in [-0.2, 0) is 0 Å². The van der Waals surface area contributed by atoms with Gasteiger partial charge in [-0.3, -0.25) is 4.79 Å². The first-order valence-electron chi connectivity index (χ1n) is 7.26. The average Bonchev–Trinajstić information content (AvgIpc) is 2.95. The van der Waals surface area contributed by atoms with Gasteiger partial charge in [0.25, 0.3) is 5.91 Å². The summed E-state index contributed by atoms with van der Waals surface area (Å²) in [6.45, 7) is 2.61. The van der Waals surface area contributed by atoms with E-state index < -0.39 is 0 Å². The van der Waals surface area contributed by atoms with Crippen molar-refractivity contribution in [2.75, 3.05) is 13.2 Å². The molecular formula is C16H21NO2S. The average molecular weight is 291 g/mol. The number of thiophene rings is 1. The Balaban J connectivity index is 2.17. The van der Waals surface area contributed by atoms with E-state index in [1.807, 2.05) is 23.3 Å². The standard InChI is InChI=1S/C16H21NO2S/c1-2-17(14-8-4-3-5-9-14)16(19)15-13(7-6-11-18)10-12-20-15/h10,12,14,18H,2-5,8-9,11H2,1H3. The number of nitrogens with zero attached hydrogens (tertiary/aromatic N) is 1. The molecule has 3 nitrogen and oxygen atoms in total. The van der Waals surface area contributed by atoms with Crippen LogP contribution in [0.1, 0.15) is 54.3 Å². The molecule has 2 rings (SSSR count). The van der Waals surface area contributed by atoms with Crippen LogP contribution in [0.4, 0.5) is 0 Å². The van der Waals surface area contributed by atoms with Gasteiger partial charge < -0.3 is 10.0 Å². The van der Waals surface area contributed by atoms with Gasteiger partial charge in [-0.05, 0) is 31.2 Å². The Morgan fingerprint density at radius 2 is 2.20 bits per heavy atom. The van der Waals surface area contributed by atoms with Gasteiger partial charge in [0.05, 0.1) is 0 Å². The Morgan fingerprint density at radius 1 is 1.45 bits per heavy atom. The Labute approximate surface area is 124 Å². The van der Waals surface area contributed by atoms with Crippen molar-refractivity contribution in [3.05, 3.63) is 21.9 Å². The molecule has 0 aliphatic heterocycles. The molecule has 0 aromatic carbocycles. The van der Waals surface area contributed by atoms with Crippen LogP contribution in [0.2, 0.25) is 0 Å². The van der Waals surface area contributed by atoms with Crippen LogP contribution < -0.4 is 0 Å². The molecule has 20 heavy (non-hydrogen) atoms. The first-order valence-corrected chi connectivity index (χ1v) is 8.14. The van der Waals surface area contributed by atoms with E-state index >= 15 is 0 Å². The molecule has 108 valence electrons. The van der Waals surface area contributed by atoms with Crippen LogP contribution in [0.3, 0.4) is 0 Å². The molecule has 1 aromatic heterocycles. The summed E-state index contributed by atoms with van der Waals surface area (Å²) in [7, 11) is 0. The normalized spacial score (nSPS) is 15.5. The second-order valence-electron chi connectivity index (χ2n) is 5.01. The van der Waals surface area contributed by atoms with Crippen LogP contribution in [0.15, 0.2) is 11.4 Å². The Kier molecular flexibility index (Phi) is 5.63. The van der Waals surface area contributed by atoms with Crippen LogP contribution >= 0.6 is 11.3 Å². The van der Waals surface area contributed by atoms with Crippen LogP contribution in [0.5, 0.6) is 0 Å². The molecule has 1 aliphatic carbocycles. The van der Waals surface area contributed by atoms with Crippen molar-refractivity contribution in [1.82, 2.24) is 4.90 Å². The molecule has 1 heterocycles. The zero-order valence-corrected chi connectivity index (χ0v) is 12.7. The third-order valence-electron chi connectivity index (χ3n) is 3.78. The summed E-state index contributed by atoms with van der Waals surface area (Å²) in [5, 5.41) is 10.7. The lowest BCUT2D eigenvalue weighted by Crippen LogP contribution is -2.41. The van der Waals surface area contributed by atoms with Gasteiger partial charge in [-0.15, -0.1) is 11.3 Å². The minimum Gasteiger partial charge on any atom is -0.384 e. The summed E-state index contributed by atoms with van der Waals surface area (Å²) in [6.07, 6.45) is 5.95. The molecule has 4 heteroatoms. The van der Waals surface area contributed by atoms with Gasteiger partial charge in [0.15, 0.2) is 0 Å². The van der Waals surface area contributed by atoms with E-state index in [1.54, 1.807) is 0 Å². The fourth-order valence-electron chi connectivity index (χ4n) is 2.80. The van der Waals surface area contributed by atoms with Crippen LogP contribution in [-0.4, -0.2) is 35.1 Å². The highest BCUT2D eigenvalue weighted by Gasteiger charge is 2.26. The number of aliphatic hydroxyl groups is 1. The molecular weight excluding hydrogens is 270 g/mol.